The number of ether oxygens (including phenoxy) is 1. The normalized spacial score (nSPS) is 36.0. The SMILES string of the molecule is C[C@H]1OC/C(=C/Nc2ccccc2)C2=C(O)C(=O)C3=C(CCC4(C)C(=O)CCC[C@@H]34)C21C. The van der Waals surface area contributed by atoms with E-state index in [-0.39, 0.29) is 29.3 Å². The molecule has 0 bridgehead atoms. The van der Waals surface area contributed by atoms with Crippen LogP contribution in [0.1, 0.15) is 52.9 Å². The zero-order valence-electron chi connectivity index (χ0n) is 19.0. The Bertz CT molecular complexity index is 1080. The van der Waals surface area contributed by atoms with Crippen molar-refractivity contribution in [2.75, 3.05) is 11.9 Å². The van der Waals surface area contributed by atoms with E-state index in [0.717, 1.165) is 36.1 Å². The Kier molecular flexibility index (Phi) is 4.93. The largest absolute Gasteiger partial charge is 0.504 e. The maximum Gasteiger partial charge on any atom is 0.223 e. The van der Waals surface area contributed by atoms with Crippen LogP contribution in [0.25, 0.3) is 0 Å². The number of Topliss-reactive ketones (excluding diaryl/α,β-unsaturated/α-hetero) is 2. The van der Waals surface area contributed by atoms with Crippen LogP contribution in [-0.2, 0) is 14.3 Å². The van der Waals surface area contributed by atoms with Crippen molar-refractivity contribution in [3.05, 3.63) is 64.6 Å². The van der Waals surface area contributed by atoms with Crippen LogP contribution in [-0.4, -0.2) is 29.4 Å². The Morgan fingerprint density at radius 1 is 1.16 bits per heavy atom. The number of rotatable bonds is 2. The fourth-order valence-corrected chi connectivity index (χ4v) is 6.45. The van der Waals surface area contributed by atoms with Crippen molar-refractivity contribution in [2.24, 2.45) is 16.7 Å². The number of anilines is 1. The van der Waals surface area contributed by atoms with E-state index in [2.05, 4.69) is 12.2 Å². The Morgan fingerprint density at radius 2 is 1.91 bits per heavy atom. The van der Waals surface area contributed by atoms with Gasteiger partial charge in [0.1, 0.15) is 5.78 Å². The summed E-state index contributed by atoms with van der Waals surface area (Å²) in [4.78, 5) is 26.5. The monoisotopic (exact) mass is 433 g/mol. The lowest BCUT2D eigenvalue weighted by molar-refractivity contribution is -0.135. The summed E-state index contributed by atoms with van der Waals surface area (Å²) in [6.07, 6.45) is 5.30. The van der Waals surface area contributed by atoms with E-state index < -0.39 is 10.8 Å². The van der Waals surface area contributed by atoms with Crippen LogP contribution in [0.2, 0.25) is 0 Å². The van der Waals surface area contributed by atoms with E-state index in [4.69, 9.17) is 4.74 Å². The van der Waals surface area contributed by atoms with Gasteiger partial charge in [-0.1, -0.05) is 25.1 Å². The van der Waals surface area contributed by atoms with Gasteiger partial charge in [-0.2, -0.15) is 0 Å². The second-order valence-corrected chi connectivity index (χ2v) is 10.1. The number of benzene rings is 1. The molecular formula is C27H31NO4. The van der Waals surface area contributed by atoms with Crippen LogP contribution in [0.3, 0.4) is 0 Å². The molecule has 0 amide bonds. The van der Waals surface area contributed by atoms with Crippen molar-refractivity contribution in [1.82, 2.24) is 0 Å². The smallest absolute Gasteiger partial charge is 0.223 e. The zero-order chi connectivity index (χ0) is 22.7. The Morgan fingerprint density at radius 3 is 2.66 bits per heavy atom. The average Bonchev–Trinajstić information content (AvgIpc) is 2.79. The number of para-hydroxylation sites is 1. The lowest BCUT2D eigenvalue weighted by Crippen LogP contribution is -2.52. The zero-order valence-corrected chi connectivity index (χ0v) is 19.0. The van der Waals surface area contributed by atoms with Gasteiger partial charge in [0.2, 0.25) is 5.78 Å². The number of nitrogens with one attached hydrogen (secondary N) is 1. The number of aliphatic hydroxyl groups is 1. The Hall–Kier alpha value is -2.66. The molecule has 1 saturated carbocycles. The fraction of sp³-hybridized carbons (Fsp3) is 0.481. The highest BCUT2D eigenvalue weighted by Crippen LogP contribution is 2.60. The van der Waals surface area contributed by atoms with Gasteiger partial charge >= 0.3 is 0 Å². The van der Waals surface area contributed by atoms with Crippen molar-refractivity contribution in [3.63, 3.8) is 0 Å². The molecule has 32 heavy (non-hydrogen) atoms. The number of carbonyl (C=O) groups is 2. The number of aliphatic hydroxyl groups excluding tert-OH is 1. The van der Waals surface area contributed by atoms with E-state index in [1.54, 1.807) is 0 Å². The molecule has 5 heteroatoms. The van der Waals surface area contributed by atoms with Gasteiger partial charge in [0, 0.05) is 51.8 Å². The van der Waals surface area contributed by atoms with Crippen LogP contribution in [0.5, 0.6) is 0 Å². The molecule has 2 fully saturated rings. The molecule has 5 nitrogen and oxygen atoms in total. The summed E-state index contributed by atoms with van der Waals surface area (Å²) in [6.45, 7) is 6.46. The van der Waals surface area contributed by atoms with Crippen LogP contribution in [0.4, 0.5) is 5.69 Å². The van der Waals surface area contributed by atoms with Gasteiger partial charge in [0.05, 0.1) is 12.7 Å². The highest BCUT2D eigenvalue weighted by Gasteiger charge is 2.58. The van der Waals surface area contributed by atoms with Crippen LogP contribution < -0.4 is 5.32 Å². The lowest BCUT2D eigenvalue weighted by atomic mass is 9.51. The van der Waals surface area contributed by atoms with Crippen LogP contribution in [0, 0.1) is 16.7 Å². The Labute approximate surface area is 189 Å². The predicted octanol–water partition coefficient (Wildman–Crippen LogP) is 5.27. The van der Waals surface area contributed by atoms with Gasteiger partial charge in [-0.05, 0) is 57.2 Å². The maximum absolute atomic E-state index is 13.6. The minimum absolute atomic E-state index is 0.121. The molecule has 1 aromatic carbocycles. The first-order valence-electron chi connectivity index (χ1n) is 11.7. The molecule has 1 heterocycles. The molecule has 1 saturated heterocycles. The van der Waals surface area contributed by atoms with Gasteiger partial charge < -0.3 is 15.2 Å². The molecule has 0 spiro atoms. The van der Waals surface area contributed by atoms with Crippen molar-refractivity contribution < 1.29 is 19.4 Å². The maximum atomic E-state index is 13.6. The summed E-state index contributed by atoms with van der Waals surface area (Å²) in [5.74, 6) is -0.333. The second kappa shape index (κ2) is 7.45. The van der Waals surface area contributed by atoms with Crippen molar-refractivity contribution in [2.45, 2.75) is 59.0 Å². The minimum Gasteiger partial charge on any atom is -0.504 e. The average molecular weight is 434 g/mol. The summed E-state index contributed by atoms with van der Waals surface area (Å²) in [6, 6.07) is 9.78. The summed E-state index contributed by atoms with van der Waals surface area (Å²) >= 11 is 0. The van der Waals surface area contributed by atoms with E-state index >= 15 is 0 Å². The Balaban J connectivity index is 1.61. The molecule has 0 radical (unpaired) electrons. The van der Waals surface area contributed by atoms with E-state index in [0.29, 0.717) is 30.6 Å². The highest BCUT2D eigenvalue weighted by molar-refractivity contribution is 6.11. The highest BCUT2D eigenvalue weighted by atomic mass is 16.5. The van der Waals surface area contributed by atoms with E-state index in [1.165, 1.54) is 0 Å². The third-order valence-corrected chi connectivity index (χ3v) is 8.52. The molecule has 2 N–H and O–H groups in total. The fourth-order valence-electron chi connectivity index (χ4n) is 6.45. The lowest BCUT2D eigenvalue weighted by Gasteiger charge is -2.53. The number of allylic oxidation sites excluding steroid dienone is 1. The molecule has 1 aromatic rings. The second-order valence-electron chi connectivity index (χ2n) is 10.1. The number of ketones is 2. The first-order valence-corrected chi connectivity index (χ1v) is 11.7. The molecular weight excluding hydrogens is 402 g/mol. The standard InChI is InChI=1S/C27H31NO4/c1-16-27(3)20-12-13-26(2)19(10-7-11-21(26)29)22(20)24(30)25(31)23(27)17(15-32-16)14-28-18-8-5-4-6-9-18/h4-6,8-9,14,16,19,28,31H,7,10-13,15H2,1-3H3/b17-14-/t16-,19+,26?,27?/m1/s1. The molecule has 168 valence electrons. The number of hydrogen-bond acceptors (Lipinski definition) is 5. The van der Waals surface area contributed by atoms with E-state index in [1.807, 2.05) is 50.4 Å². The van der Waals surface area contributed by atoms with Crippen molar-refractivity contribution in [1.29, 1.82) is 0 Å². The number of carbonyl (C=O) groups excluding carboxylic acids is 2. The molecule has 4 atom stereocenters. The van der Waals surface area contributed by atoms with Gasteiger partial charge in [-0.3, -0.25) is 9.59 Å². The first kappa shape index (κ1) is 21.2. The van der Waals surface area contributed by atoms with Crippen molar-refractivity contribution in [3.8, 4) is 0 Å². The summed E-state index contributed by atoms with van der Waals surface area (Å²) < 4.78 is 6.20. The number of fused-ring (bicyclic) bond motifs is 4. The third-order valence-electron chi connectivity index (χ3n) is 8.52. The molecule has 1 aliphatic heterocycles. The van der Waals surface area contributed by atoms with Crippen LogP contribution in [0.15, 0.2) is 64.6 Å². The third kappa shape index (κ3) is 2.87. The molecule has 5 rings (SSSR count). The van der Waals surface area contributed by atoms with Gasteiger partial charge in [0.25, 0.3) is 0 Å². The van der Waals surface area contributed by atoms with Crippen molar-refractivity contribution >= 4 is 17.3 Å². The minimum atomic E-state index is -0.600. The first-order chi connectivity index (χ1) is 15.3. The molecule has 2 unspecified atom stereocenters. The summed E-state index contributed by atoms with van der Waals surface area (Å²) in [7, 11) is 0. The predicted molar refractivity (Wildman–Crippen MR) is 123 cm³/mol. The van der Waals surface area contributed by atoms with E-state index in [9.17, 15) is 14.7 Å². The quantitative estimate of drug-likeness (QED) is 0.665. The molecule has 0 aromatic heterocycles. The molecule has 4 aliphatic rings. The topological polar surface area (TPSA) is 75.6 Å². The van der Waals surface area contributed by atoms with Gasteiger partial charge in [-0.15, -0.1) is 0 Å². The number of hydrogen-bond donors (Lipinski definition) is 2. The van der Waals surface area contributed by atoms with Crippen LogP contribution >= 0.6 is 0 Å². The molecule has 3 aliphatic carbocycles. The van der Waals surface area contributed by atoms with Gasteiger partial charge in [0.15, 0.2) is 5.76 Å². The summed E-state index contributed by atoms with van der Waals surface area (Å²) in [5, 5.41) is 14.6. The summed E-state index contributed by atoms with van der Waals surface area (Å²) in [5.41, 5.74) is 3.03. The van der Waals surface area contributed by atoms with Gasteiger partial charge in [-0.25, -0.2) is 0 Å².